The molecule has 130 valence electrons. The third kappa shape index (κ3) is 5.60. The van der Waals surface area contributed by atoms with Gasteiger partial charge in [-0.3, -0.25) is 4.99 Å². The molecule has 4 nitrogen and oxygen atoms in total. The van der Waals surface area contributed by atoms with Crippen molar-refractivity contribution in [3.63, 3.8) is 0 Å². The van der Waals surface area contributed by atoms with E-state index in [0.29, 0.717) is 0 Å². The minimum absolute atomic E-state index is 0.00776. The number of hydrogen-bond acceptors (Lipinski definition) is 3. The van der Waals surface area contributed by atoms with E-state index >= 15 is 0 Å². The average molecular weight is 409 g/mol. The van der Waals surface area contributed by atoms with E-state index in [9.17, 15) is 0 Å². The molecule has 24 heavy (non-hydrogen) atoms. The van der Waals surface area contributed by atoms with Crippen LogP contribution in [0.25, 0.3) is 0 Å². The highest BCUT2D eigenvalue weighted by atomic mass is 79.9. The van der Waals surface area contributed by atoms with Gasteiger partial charge in [-0.2, -0.15) is 0 Å². The van der Waals surface area contributed by atoms with Gasteiger partial charge in [0, 0.05) is 47.5 Å². The zero-order valence-corrected chi connectivity index (χ0v) is 17.1. The molecule has 0 spiro atoms. The summed E-state index contributed by atoms with van der Waals surface area (Å²) in [4.78, 5) is 9.95. The van der Waals surface area contributed by atoms with Crippen LogP contribution in [0.5, 0.6) is 0 Å². The molecule has 0 amide bonds. The van der Waals surface area contributed by atoms with Crippen molar-refractivity contribution in [1.29, 1.82) is 0 Å². The van der Waals surface area contributed by atoms with Crippen LogP contribution in [0.3, 0.4) is 0 Å². The van der Waals surface area contributed by atoms with Gasteiger partial charge in [0.25, 0.3) is 0 Å². The predicted molar refractivity (Wildman–Crippen MR) is 107 cm³/mol. The number of aliphatic imine (C=N–C) groups is 1. The van der Waals surface area contributed by atoms with E-state index in [4.69, 9.17) is 0 Å². The highest BCUT2D eigenvalue weighted by Gasteiger charge is 2.21. The lowest BCUT2D eigenvalue weighted by molar-refractivity contribution is 0.508. The highest BCUT2D eigenvalue weighted by molar-refractivity contribution is 9.10. The van der Waals surface area contributed by atoms with Crippen LogP contribution in [0, 0.1) is 6.92 Å². The second-order valence-corrected chi connectivity index (χ2v) is 8.60. The lowest BCUT2D eigenvalue weighted by Crippen LogP contribution is -2.44. The first kappa shape index (κ1) is 18.9. The number of hydrogen-bond donors (Lipinski definition) is 2. The number of nitrogens with one attached hydrogen (secondary N) is 2. The van der Waals surface area contributed by atoms with Gasteiger partial charge >= 0.3 is 0 Å². The minimum atomic E-state index is 0.00776. The molecule has 0 aliphatic heterocycles. The van der Waals surface area contributed by atoms with Crippen molar-refractivity contribution in [1.82, 2.24) is 15.6 Å². The molecule has 1 aromatic carbocycles. The Labute approximate surface area is 156 Å². The summed E-state index contributed by atoms with van der Waals surface area (Å²) in [6, 6.07) is 8.45. The maximum Gasteiger partial charge on any atom is 0.191 e. The minimum Gasteiger partial charge on any atom is -0.356 e. The Morgan fingerprint density at radius 3 is 2.75 bits per heavy atom. The average Bonchev–Trinajstić information content (AvgIpc) is 2.96. The largest absolute Gasteiger partial charge is 0.356 e. The van der Waals surface area contributed by atoms with Gasteiger partial charge in [-0.25, -0.2) is 4.98 Å². The second kappa shape index (κ2) is 8.62. The number of rotatable bonds is 6. The molecule has 0 aliphatic rings. The monoisotopic (exact) mass is 408 g/mol. The third-order valence-electron chi connectivity index (χ3n) is 3.83. The Bertz CT molecular complexity index is 694. The summed E-state index contributed by atoms with van der Waals surface area (Å²) in [5.74, 6) is 0.825. The van der Waals surface area contributed by atoms with Gasteiger partial charge in [0.2, 0.25) is 0 Å². The van der Waals surface area contributed by atoms with Gasteiger partial charge < -0.3 is 10.6 Å². The van der Waals surface area contributed by atoms with Crippen LogP contribution in [0.15, 0.2) is 39.9 Å². The molecule has 0 radical (unpaired) electrons. The number of halogens is 1. The quantitative estimate of drug-likeness (QED) is 0.562. The van der Waals surface area contributed by atoms with E-state index in [2.05, 4.69) is 75.5 Å². The molecule has 2 rings (SSSR count). The van der Waals surface area contributed by atoms with Crippen molar-refractivity contribution < 1.29 is 0 Å². The molecule has 1 aromatic heterocycles. The zero-order chi connectivity index (χ0) is 17.6. The molecule has 0 fully saturated rings. The highest BCUT2D eigenvalue weighted by Crippen LogP contribution is 2.25. The molecule has 0 saturated heterocycles. The molecule has 1 heterocycles. The number of benzene rings is 1. The first-order chi connectivity index (χ1) is 11.4. The summed E-state index contributed by atoms with van der Waals surface area (Å²) in [7, 11) is 1.80. The van der Waals surface area contributed by atoms with Crippen LogP contribution in [0.2, 0.25) is 0 Å². The van der Waals surface area contributed by atoms with Crippen molar-refractivity contribution in [3.8, 4) is 0 Å². The van der Waals surface area contributed by atoms with E-state index in [-0.39, 0.29) is 5.41 Å². The van der Waals surface area contributed by atoms with Crippen LogP contribution in [0.1, 0.15) is 29.3 Å². The summed E-state index contributed by atoms with van der Waals surface area (Å²) in [5.41, 5.74) is 1.30. The standard InChI is InChI=1S/C18H25BrN4S/c1-13-11-22-16(24-13)8-9-21-17(20-4)23-12-18(2,3)14-6-5-7-15(19)10-14/h5-7,10-11H,8-9,12H2,1-4H3,(H2,20,21,23). The molecular formula is C18H25BrN4S. The Balaban J connectivity index is 1.84. The summed E-state index contributed by atoms with van der Waals surface area (Å²) < 4.78 is 1.11. The third-order valence-corrected chi connectivity index (χ3v) is 5.29. The number of aromatic nitrogens is 1. The van der Waals surface area contributed by atoms with E-state index in [1.54, 1.807) is 18.4 Å². The van der Waals surface area contributed by atoms with Crippen molar-refractivity contribution in [2.24, 2.45) is 4.99 Å². The van der Waals surface area contributed by atoms with Crippen molar-refractivity contribution >= 4 is 33.2 Å². The van der Waals surface area contributed by atoms with E-state index < -0.39 is 0 Å². The Morgan fingerprint density at radius 2 is 2.12 bits per heavy atom. The van der Waals surface area contributed by atoms with Gasteiger partial charge in [-0.1, -0.05) is 41.9 Å². The van der Waals surface area contributed by atoms with Gasteiger partial charge in [-0.15, -0.1) is 11.3 Å². The molecule has 0 bridgehead atoms. The topological polar surface area (TPSA) is 49.3 Å². The fourth-order valence-corrected chi connectivity index (χ4v) is 3.53. The fraction of sp³-hybridized carbons (Fsp3) is 0.444. The number of aryl methyl sites for hydroxylation is 1. The molecule has 6 heteroatoms. The maximum absolute atomic E-state index is 4.39. The van der Waals surface area contributed by atoms with Gasteiger partial charge in [0.15, 0.2) is 5.96 Å². The molecule has 0 aliphatic carbocycles. The van der Waals surface area contributed by atoms with Crippen LogP contribution in [-0.2, 0) is 11.8 Å². The Hall–Kier alpha value is -1.40. The van der Waals surface area contributed by atoms with Gasteiger partial charge in [0.05, 0.1) is 5.01 Å². The molecule has 0 unspecified atom stereocenters. The van der Waals surface area contributed by atoms with E-state index in [0.717, 1.165) is 35.0 Å². The fourth-order valence-electron chi connectivity index (χ4n) is 2.34. The number of thiazole rings is 1. The van der Waals surface area contributed by atoms with Crippen LogP contribution in [0.4, 0.5) is 0 Å². The summed E-state index contributed by atoms with van der Waals surface area (Å²) in [6.07, 6.45) is 2.84. The van der Waals surface area contributed by atoms with Crippen LogP contribution < -0.4 is 10.6 Å². The Morgan fingerprint density at radius 1 is 1.33 bits per heavy atom. The maximum atomic E-state index is 4.39. The summed E-state index contributed by atoms with van der Waals surface area (Å²) >= 11 is 5.29. The predicted octanol–water partition coefficient (Wildman–Crippen LogP) is 3.90. The molecule has 0 atom stereocenters. The van der Waals surface area contributed by atoms with Crippen LogP contribution in [-0.4, -0.2) is 31.1 Å². The van der Waals surface area contributed by atoms with Crippen molar-refractivity contribution in [3.05, 3.63) is 50.4 Å². The molecule has 2 aromatic rings. The lowest BCUT2D eigenvalue weighted by Gasteiger charge is -2.27. The summed E-state index contributed by atoms with van der Waals surface area (Å²) in [5, 5.41) is 7.94. The molecule has 2 N–H and O–H groups in total. The van der Waals surface area contributed by atoms with Crippen LogP contribution >= 0.6 is 27.3 Å². The van der Waals surface area contributed by atoms with E-state index in [1.165, 1.54) is 10.4 Å². The van der Waals surface area contributed by atoms with E-state index in [1.807, 2.05) is 12.3 Å². The summed E-state index contributed by atoms with van der Waals surface area (Å²) in [6.45, 7) is 8.17. The zero-order valence-electron chi connectivity index (χ0n) is 14.7. The molecular weight excluding hydrogens is 384 g/mol. The first-order valence-electron chi connectivity index (χ1n) is 8.02. The smallest absolute Gasteiger partial charge is 0.191 e. The number of nitrogens with zero attached hydrogens (tertiary/aromatic N) is 2. The van der Waals surface area contributed by atoms with Gasteiger partial charge in [0.1, 0.15) is 0 Å². The van der Waals surface area contributed by atoms with Crippen molar-refractivity contribution in [2.45, 2.75) is 32.6 Å². The molecule has 0 saturated carbocycles. The van der Waals surface area contributed by atoms with Crippen molar-refractivity contribution in [2.75, 3.05) is 20.1 Å². The first-order valence-corrected chi connectivity index (χ1v) is 9.63. The Kier molecular flexibility index (Phi) is 6.80. The number of guanidine groups is 1. The SMILES string of the molecule is CN=C(NCCc1ncc(C)s1)NCC(C)(C)c1cccc(Br)c1. The second-order valence-electron chi connectivity index (χ2n) is 6.36. The van der Waals surface area contributed by atoms with Gasteiger partial charge in [-0.05, 0) is 24.6 Å². The normalized spacial score (nSPS) is 12.3. The lowest BCUT2D eigenvalue weighted by atomic mass is 9.85.